The molecule has 8 aromatic carbocycles. The molecule has 0 radical (unpaired) electrons. The maximum atomic E-state index is 6.54. The molecule has 0 aliphatic heterocycles. The van der Waals surface area contributed by atoms with Crippen molar-refractivity contribution in [2.24, 2.45) is 0 Å². The second kappa shape index (κ2) is 11.2. The Bertz CT molecular complexity index is 3100. The van der Waals surface area contributed by atoms with Crippen LogP contribution in [0.5, 0.6) is 0 Å². The fourth-order valence-corrected chi connectivity index (χ4v) is 7.30. The summed E-state index contributed by atoms with van der Waals surface area (Å²) in [5, 5.41) is 8.56. The van der Waals surface area contributed by atoms with Gasteiger partial charge < -0.3 is 8.83 Å². The third-order valence-corrected chi connectivity index (χ3v) is 9.90. The summed E-state index contributed by atoms with van der Waals surface area (Å²) in [6.45, 7) is 0. The Hall–Kier alpha value is -7.18. The molecule has 52 heavy (non-hydrogen) atoms. The van der Waals surface area contributed by atoms with Crippen LogP contribution in [0.1, 0.15) is 0 Å². The molecule has 0 N–H and O–H groups in total. The quantitative estimate of drug-likeness (QED) is 0.186. The van der Waals surface area contributed by atoms with E-state index in [0.717, 1.165) is 76.8 Å². The lowest BCUT2D eigenvalue weighted by Gasteiger charge is -2.10. The molecule has 0 spiro atoms. The van der Waals surface area contributed by atoms with Crippen molar-refractivity contribution in [3.05, 3.63) is 158 Å². The van der Waals surface area contributed by atoms with Crippen molar-refractivity contribution in [2.45, 2.75) is 0 Å². The van der Waals surface area contributed by atoms with Crippen molar-refractivity contribution in [1.82, 2.24) is 19.9 Å². The fourth-order valence-electron chi connectivity index (χ4n) is 7.30. The number of aromatic nitrogens is 4. The maximum absolute atomic E-state index is 6.54. The highest BCUT2D eigenvalue weighted by Crippen LogP contribution is 2.40. The van der Waals surface area contributed by atoms with Crippen LogP contribution in [0.15, 0.2) is 167 Å². The highest BCUT2D eigenvalue weighted by atomic mass is 16.4. The SMILES string of the molecule is c1ccc(-c2nc3c(ccc4oc5c6ccc(-c7nc(-c8ccc9ccccc9c8)nc(-c8ccc9ccccc9c8)n7)cc6ccc5c43)o2)cc1. The van der Waals surface area contributed by atoms with Crippen LogP contribution in [0.25, 0.3) is 111 Å². The van der Waals surface area contributed by atoms with Crippen molar-refractivity contribution in [3.8, 4) is 45.6 Å². The molecule has 0 bridgehead atoms. The first kappa shape index (κ1) is 28.6. The van der Waals surface area contributed by atoms with E-state index in [9.17, 15) is 0 Å². The molecule has 0 saturated heterocycles. The minimum absolute atomic E-state index is 0.589. The summed E-state index contributed by atoms with van der Waals surface area (Å²) in [5.41, 5.74) is 6.78. The number of oxazole rings is 1. The first-order chi connectivity index (χ1) is 25.7. The molecule has 3 heterocycles. The Morgan fingerprint density at radius 1 is 0.346 bits per heavy atom. The molecule has 242 valence electrons. The van der Waals surface area contributed by atoms with Gasteiger partial charge in [0, 0.05) is 33.0 Å². The van der Waals surface area contributed by atoms with E-state index in [4.69, 9.17) is 28.8 Å². The molecule has 6 heteroatoms. The van der Waals surface area contributed by atoms with E-state index >= 15 is 0 Å². The molecule has 0 aliphatic rings. The van der Waals surface area contributed by atoms with E-state index in [2.05, 4.69) is 115 Å². The standard InChI is InChI=1S/C46H26N4O2/c1-2-10-29(11-3-1)46-47-41-39(52-46)23-22-38-40(41)37-21-18-32-26-35(19-20-36(32)42(37)51-38)45-49-43(33-16-14-27-8-4-6-12-30(27)24-33)48-44(50-45)34-17-15-28-9-5-7-13-31(28)25-34/h1-26H. The molecular formula is C46H26N4O2. The number of benzene rings is 8. The van der Waals surface area contributed by atoms with Crippen LogP contribution in [-0.4, -0.2) is 19.9 Å². The van der Waals surface area contributed by atoms with Crippen molar-refractivity contribution in [3.63, 3.8) is 0 Å². The van der Waals surface area contributed by atoms with Gasteiger partial charge in [-0.05, 0) is 81.5 Å². The lowest BCUT2D eigenvalue weighted by molar-refractivity contribution is 0.619. The zero-order valence-electron chi connectivity index (χ0n) is 27.6. The lowest BCUT2D eigenvalue weighted by Crippen LogP contribution is -2.00. The molecule has 0 fully saturated rings. The van der Waals surface area contributed by atoms with Gasteiger partial charge in [-0.3, -0.25) is 0 Å². The van der Waals surface area contributed by atoms with Gasteiger partial charge in [-0.25, -0.2) is 19.9 Å². The Morgan fingerprint density at radius 2 is 0.865 bits per heavy atom. The average Bonchev–Trinajstić information content (AvgIpc) is 3.83. The summed E-state index contributed by atoms with van der Waals surface area (Å²) < 4.78 is 12.7. The number of fused-ring (bicyclic) bond motifs is 9. The van der Waals surface area contributed by atoms with Crippen molar-refractivity contribution >= 4 is 65.4 Å². The Kier molecular flexibility index (Phi) is 6.15. The predicted molar refractivity (Wildman–Crippen MR) is 209 cm³/mol. The minimum atomic E-state index is 0.589. The number of hydrogen-bond donors (Lipinski definition) is 0. The van der Waals surface area contributed by atoms with Crippen LogP contribution >= 0.6 is 0 Å². The van der Waals surface area contributed by atoms with Gasteiger partial charge in [-0.2, -0.15) is 0 Å². The molecule has 3 aromatic heterocycles. The highest BCUT2D eigenvalue weighted by Gasteiger charge is 2.19. The number of rotatable bonds is 4. The molecule has 11 rings (SSSR count). The van der Waals surface area contributed by atoms with Crippen molar-refractivity contribution in [1.29, 1.82) is 0 Å². The molecule has 6 nitrogen and oxygen atoms in total. The molecular weight excluding hydrogens is 641 g/mol. The molecule has 0 saturated carbocycles. The van der Waals surface area contributed by atoms with Gasteiger partial charge in [-0.1, -0.05) is 103 Å². The topological polar surface area (TPSA) is 77.8 Å². The van der Waals surface area contributed by atoms with Crippen LogP contribution < -0.4 is 0 Å². The first-order valence-corrected chi connectivity index (χ1v) is 17.2. The molecule has 0 unspecified atom stereocenters. The van der Waals surface area contributed by atoms with E-state index in [-0.39, 0.29) is 0 Å². The lowest BCUT2D eigenvalue weighted by atomic mass is 10.0. The number of nitrogens with zero attached hydrogens (tertiary/aromatic N) is 4. The Balaban J connectivity index is 1.07. The summed E-state index contributed by atoms with van der Waals surface area (Å²) in [6.07, 6.45) is 0. The average molecular weight is 667 g/mol. The smallest absolute Gasteiger partial charge is 0.227 e. The van der Waals surface area contributed by atoms with E-state index in [0.29, 0.717) is 23.4 Å². The van der Waals surface area contributed by atoms with Gasteiger partial charge in [0.15, 0.2) is 23.1 Å². The normalized spacial score (nSPS) is 11.8. The Labute approximate surface area is 296 Å². The summed E-state index contributed by atoms with van der Waals surface area (Å²) in [6, 6.07) is 53.7. The van der Waals surface area contributed by atoms with Gasteiger partial charge in [0.2, 0.25) is 5.89 Å². The second-order valence-corrected chi connectivity index (χ2v) is 13.1. The fraction of sp³-hybridized carbons (Fsp3) is 0. The van der Waals surface area contributed by atoms with E-state index < -0.39 is 0 Å². The summed E-state index contributed by atoms with van der Waals surface area (Å²) in [7, 11) is 0. The zero-order valence-corrected chi connectivity index (χ0v) is 27.6. The highest BCUT2D eigenvalue weighted by molar-refractivity contribution is 6.22. The number of furan rings is 1. The minimum Gasteiger partial charge on any atom is -0.455 e. The maximum Gasteiger partial charge on any atom is 0.227 e. The van der Waals surface area contributed by atoms with Crippen LogP contribution in [-0.2, 0) is 0 Å². The van der Waals surface area contributed by atoms with Gasteiger partial charge in [0.1, 0.15) is 16.7 Å². The van der Waals surface area contributed by atoms with Gasteiger partial charge >= 0.3 is 0 Å². The van der Waals surface area contributed by atoms with Crippen molar-refractivity contribution in [2.75, 3.05) is 0 Å². The summed E-state index contributed by atoms with van der Waals surface area (Å²) in [4.78, 5) is 20.1. The monoisotopic (exact) mass is 666 g/mol. The van der Waals surface area contributed by atoms with E-state index in [1.807, 2.05) is 42.5 Å². The van der Waals surface area contributed by atoms with E-state index in [1.165, 1.54) is 10.8 Å². The van der Waals surface area contributed by atoms with Crippen LogP contribution in [0, 0.1) is 0 Å². The number of hydrogen-bond acceptors (Lipinski definition) is 6. The Morgan fingerprint density at radius 3 is 1.52 bits per heavy atom. The molecule has 0 atom stereocenters. The van der Waals surface area contributed by atoms with Crippen LogP contribution in [0.2, 0.25) is 0 Å². The van der Waals surface area contributed by atoms with Gasteiger partial charge in [0.05, 0.1) is 5.39 Å². The molecule has 0 amide bonds. The third-order valence-electron chi connectivity index (χ3n) is 9.90. The van der Waals surface area contributed by atoms with Crippen LogP contribution in [0.4, 0.5) is 0 Å². The summed E-state index contributed by atoms with van der Waals surface area (Å²) >= 11 is 0. The third kappa shape index (κ3) is 4.58. The van der Waals surface area contributed by atoms with Crippen molar-refractivity contribution < 1.29 is 8.83 Å². The second-order valence-electron chi connectivity index (χ2n) is 13.1. The predicted octanol–water partition coefficient (Wildman–Crippen LogP) is 12.0. The van der Waals surface area contributed by atoms with Gasteiger partial charge in [0.25, 0.3) is 0 Å². The largest absolute Gasteiger partial charge is 0.455 e. The van der Waals surface area contributed by atoms with Crippen LogP contribution in [0.3, 0.4) is 0 Å². The van der Waals surface area contributed by atoms with E-state index in [1.54, 1.807) is 0 Å². The first-order valence-electron chi connectivity index (χ1n) is 17.2. The summed E-state index contributed by atoms with van der Waals surface area (Å²) in [5.74, 6) is 2.44. The molecule has 0 aliphatic carbocycles. The molecule has 11 aromatic rings. The zero-order chi connectivity index (χ0) is 34.2. The van der Waals surface area contributed by atoms with Gasteiger partial charge in [-0.15, -0.1) is 0 Å².